The van der Waals surface area contributed by atoms with E-state index in [1.54, 1.807) is 0 Å². The summed E-state index contributed by atoms with van der Waals surface area (Å²) in [6.07, 6.45) is 5.43. The SMILES string of the molecule is Cc1ccc(C(C)C)cc1C(=O)N1CCCN(C(=O)NC2CCCC2)CC1. The van der Waals surface area contributed by atoms with Gasteiger partial charge in [0, 0.05) is 37.8 Å². The van der Waals surface area contributed by atoms with Crippen molar-refractivity contribution in [1.82, 2.24) is 15.1 Å². The van der Waals surface area contributed by atoms with Gasteiger partial charge in [0.2, 0.25) is 0 Å². The third-order valence-electron chi connectivity index (χ3n) is 5.91. The summed E-state index contributed by atoms with van der Waals surface area (Å²) >= 11 is 0. The summed E-state index contributed by atoms with van der Waals surface area (Å²) in [5, 5.41) is 3.16. The number of aryl methyl sites for hydroxylation is 1. The van der Waals surface area contributed by atoms with Crippen LogP contribution in [-0.4, -0.2) is 54.0 Å². The Balaban J connectivity index is 1.62. The molecule has 1 aliphatic heterocycles. The van der Waals surface area contributed by atoms with Crippen molar-refractivity contribution < 1.29 is 9.59 Å². The number of nitrogens with one attached hydrogen (secondary N) is 1. The van der Waals surface area contributed by atoms with Gasteiger partial charge in [0.15, 0.2) is 0 Å². The summed E-state index contributed by atoms with van der Waals surface area (Å²) in [5.74, 6) is 0.490. The van der Waals surface area contributed by atoms with Crippen LogP contribution < -0.4 is 5.32 Å². The van der Waals surface area contributed by atoms with Crippen LogP contribution in [0.2, 0.25) is 0 Å². The number of hydrogen-bond donors (Lipinski definition) is 1. The van der Waals surface area contributed by atoms with Gasteiger partial charge in [0.1, 0.15) is 0 Å². The van der Waals surface area contributed by atoms with E-state index in [4.69, 9.17) is 0 Å². The standard InChI is InChI=1S/C22H33N3O2/c1-16(2)18-10-9-17(3)20(15-18)21(26)24-11-6-12-25(14-13-24)22(27)23-19-7-4-5-8-19/h9-10,15-16,19H,4-8,11-14H2,1-3H3,(H,23,27). The lowest BCUT2D eigenvalue weighted by Crippen LogP contribution is -2.45. The van der Waals surface area contributed by atoms with Crippen molar-refractivity contribution in [2.45, 2.75) is 64.8 Å². The maximum Gasteiger partial charge on any atom is 0.317 e. The first kappa shape index (κ1) is 19.7. The summed E-state index contributed by atoms with van der Waals surface area (Å²) in [6.45, 7) is 8.91. The largest absolute Gasteiger partial charge is 0.337 e. The van der Waals surface area contributed by atoms with E-state index in [0.29, 0.717) is 38.1 Å². The topological polar surface area (TPSA) is 52.7 Å². The first-order valence-corrected chi connectivity index (χ1v) is 10.4. The number of carbonyl (C=O) groups excluding carboxylic acids is 2. The molecule has 148 valence electrons. The average molecular weight is 372 g/mol. The second-order valence-electron chi connectivity index (χ2n) is 8.29. The van der Waals surface area contributed by atoms with Gasteiger partial charge in [-0.3, -0.25) is 4.79 Å². The van der Waals surface area contributed by atoms with Crippen molar-refractivity contribution in [2.24, 2.45) is 0 Å². The minimum atomic E-state index is 0.0363. The fourth-order valence-electron chi connectivity index (χ4n) is 4.06. The lowest BCUT2D eigenvalue weighted by atomic mass is 9.97. The van der Waals surface area contributed by atoms with Crippen LogP contribution in [0.3, 0.4) is 0 Å². The van der Waals surface area contributed by atoms with E-state index in [1.807, 2.05) is 28.9 Å². The van der Waals surface area contributed by atoms with E-state index < -0.39 is 0 Å². The molecular weight excluding hydrogens is 338 g/mol. The molecule has 0 spiro atoms. The molecule has 1 saturated carbocycles. The summed E-state index contributed by atoms with van der Waals surface area (Å²) < 4.78 is 0. The Labute approximate surface area is 163 Å². The number of amides is 3. The molecule has 0 atom stereocenters. The molecule has 0 aromatic heterocycles. The third kappa shape index (κ3) is 4.82. The number of benzene rings is 1. The van der Waals surface area contributed by atoms with Crippen molar-refractivity contribution in [2.75, 3.05) is 26.2 Å². The van der Waals surface area contributed by atoms with E-state index in [1.165, 1.54) is 18.4 Å². The monoisotopic (exact) mass is 371 g/mol. The molecule has 2 aliphatic rings. The zero-order chi connectivity index (χ0) is 19.4. The fraction of sp³-hybridized carbons (Fsp3) is 0.636. The van der Waals surface area contributed by atoms with Crippen LogP contribution in [0.1, 0.15) is 73.4 Å². The fourth-order valence-corrected chi connectivity index (χ4v) is 4.06. The maximum atomic E-state index is 13.1. The number of carbonyl (C=O) groups is 2. The Hall–Kier alpha value is -2.04. The van der Waals surface area contributed by atoms with E-state index in [0.717, 1.165) is 30.4 Å². The van der Waals surface area contributed by atoms with Crippen molar-refractivity contribution in [3.8, 4) is 0 Å². The van der Waals surface area contributed by atoms with Gasteiger partial charge in [-0.15, -0.1) is 0 Å². The molecule has 1 aliphatic carbocycles. The van der Waals surface area contributed by atoms with Crippen molar-refractivity contribution in [3.05, 3.63) is 34.9 Å². The van der Waals surface area contributed by atoms with Crippen LogP contribution in [-0.2, 0) is 0 Å². The van der Waals surface area contributed by atoms with E-state index in [-0.39, 0.29) is 11.9 Å². The molecular formula is C22H33N3O2. The minimum Gasteiger partial charge on any atom is -0.337 e. The van der Waals surface area contributed by atoms with Crippen molar-refractivity contribution >= 4 is 11.9 Å². The third-order valence-corrected chi connectivity index (χ3v) is 5.91. The highest BCUT2D eigenvalue weighted by Crippen LogP contribution is 2.21. The van der Waals surface area contributed by atoms with E-state index >= 15 is 0 Å². The van der Waals surface area contributed by atoms with Crippen LogP contribution in [0, 0.1) is 6.92 Å². The Kier molecular flexibility index (Phi) is 6.40. The molecule has 2 fully saturated rings. The van der Waals surface area contributed by atoms with Crippen molar-refractivity contribution in [1.29, 1.82) is 0 Å². The highest BCUT2D eigenvalue weighted by atomic mass is 16.2. The molecule has 5 nitrogen and oxygen atoms in total. The van der Waals surface area contributed by atoms with Gasteiger partial charge >= 0.3 is 6.03 Å². The van der Waals surface area contributed by atoms with Gasteiger partial charge in [0.25, 0.3) is 5.91 Å². The number of nitrogens with zero attached hydrogens (tertiary/aromatic N) is 2. The van der Waals surface area contributed by atoms with E-state index in [9.17, 15) is 9.59 Å². The Morgan fingerprint density at radius 2 is 1.67 bits per heavy atom. The summed E-state index contributed by atoms with van der Waals surface area (Å²) in [7, 11) is 0. The summed E-state index contributed by atoms with van der Waals surface area (Å²) in [4.78, 5) is 29.4. The zero-order valence-electron chi connectivity index (χ0n) is 17.0. The second-order valence-corrected chi connectivity index (χ2v) is 8.29. The summed E-state index contributed by atoms with van der Waals surface area (Å²) in [6, 6.07) is 6.56. The van der Waals surface area contributed by atoms with Crippen LogP contribution in [0.5, 0.6) is 0 Å². The molecule has 3 amide bonds. The van der Waals surface area contributed by atoms with Gasteiger partial charge in [-0.25, -0.2) is 4.79 Å². The molecule has 5 heteroatoms. The van der Waals surface area contributed by atoms with Gasteiger partial charge in [0.05, 0.1) is 0 Å². The van der Waals surface area contributed by atoms with Crippen LogP contribution >= 0.6 is 0 Å². The average Bonchev–Trinajstić information content (AvgIpc) is 3.02. The Bertz CT molecular complexity index is 680. The molecule has 0 unspecified atom stereocenters. The zero-order valence-corrected chi connectivity index (χ0v) is 17.0. The molecule has 27 heavy (non-hydrogen) atoms. The molecule has 1 heterocycles. The van der Waals surface area contributed by atoms with Gasteiger partial charge in [-0.05, 0) is 49.3 Å². The Morgan fingerprint density at radius 1 is 1.00 bits per heavy atom. The Morgan fingerprint density at radius 3 is 2.37 bits per heavy atom. The first-order valence-electron chi connectivity index (χ1n) is 10.4. The summed E-state index contributed by atoms with van der Waals surface area (Å²) in [5.41, 5.74) is 3.01. The first-order chi connectivity index (χ1) is 13.0. The van der Waals surface area contributed by atoms with Gasteiger partial charge in [-0.2, -0.15) is 0 Å². The second kappa shape index (κ2) is 8.77. The molecule has 1 aromatic carbocycles. The highest BCUT2D eigenvalue weighted by Gasteiger charge is 2.25. The molecule has 1 N–H and O–H groups in total. The van der Waals surface area contributed by atoms with Gasteiger partial charge in [-0.1, -0.05) is 38.8 Å². The molecule has 1 saturated heterocycles. The highest BCUT2D eigenvalue weighted by molar-refractivity contribution is 5.96. The number of urea groups is 1. The lowest BCUT2D eigenvalue weighted by molar-refractivity contribution is 0.0761. The van der Waals surface area contributed by atoms with Gasteiger partial charge < -0.3 is 15.1 Å². The maximum absolute atomic E-state index is 13.1. The smallest absolute Gasteiger partial charge is 0.317 e. The molecule has 0 bridgehead atoms. The van der Waals surface area contributed by atoms with Crippen LogP contribution in [0.15, 0.2) is 18.2 Å². The predicted octanol–water partition coefficient (Wildman–Crippen LogP) is 3.92. The van der Waals surface area contributed by atoms with E-state index in [2.05, 4.69) is 25.2 Å². The number of hydrogen-bond acceptors (Lipinski definition) is 2. The van der Waals surface area contributed by atoms with Crippen molar-refractivity contribution in [3.63, 3.8) is 0 Å². The minimum absolute atomic E-state index is 0.0363. The molecule has 3 rings (SSSR count). The lowest BCUT2D eigenvalue weighted by Gasteiger charge is -2.24. The van der Waals surface area contributed by atoms with Crippen LogP contribution in [0.25, 0.3) is 0 Å². The number of rotatable bonds is 3. The predicted molar refractivity (Wildman–Crippen MR) is 108 cm³/mol. The normalized spacial score (nSPS) is 18.7. The molecule has 0 radical (unpaired) electrons. The molecule has 1 aromatic rings. The quantitative estimate of drug-likeness (QED) is 0.875. The van der Waals surface area contributed by atoms with Crippen LogP contribution in [0.4, 0.5) is 4.79 Å².